The molecule has 1 rings (SSSR count). The third kappa shape index (κ3) is 4.39. The van der Waals surface area contributed by atoms with Crippen LogP contribution >= 0.6 is 0 Å². The van der Waals surface area contributed by atoms with Gasteiger partial charge < -0.3 is 10.4 Å². The van der Waals surface area contributed by atoms with Gasteiger partial charge in [0, 0.05) is 6.20 Å². The standard InChI is InChI=1S/C13H15N3O3/c1-8(2)5-11(13(18)19)16-12(17)10-4-3-9(6-14)7-15-10/h3-4,7-8,11H,5H2,1-2H3,(H,16,17)(H,18,19). The fraction of sp³-hybridized carbons (Fsp3) is 0.385. The van der Waals surface area contributed by atoms with E-state index in [0.717, 1.165) is 0 Å². The number of aliphatic carboxylic acids is 1. The van der Waals surface area contributed by atoms with Crippen LogP contribution in [0.4, 0.5) is 0 Å². The summed E-state index contributed by atoms with van der Waals surface area (Å²) in [4.78, 5) is 26.7. The van der Waals surface area contributed by atoms with Crippen LogP contribution in [0.5, 0.6) is 0 Å². The number of aromatic nitrogens is 1. The van der Waals surface area contributed by atoms with Gasteiger partial charge in [-0.2, -0.15) is 5.26 Å². The second-order valence-corrected chi connectivity index (χ2v) is 4.54. The number of hydrogen-bond acceptors (Lipinski definition) is 4. The van der Waals surface area contributed by atoms with Crippen molar-refractivity contribution in [2.24, 2.45) is 5.92 Å². The van der Waals surface area contributed by atoms with E-state index in [1.165, 1.54) is 18.3 Å². The SMILES string of the molecule is CC(C)CC(NC(=O)c1ccc(C#N)cn1)C(=O)O. The number of nitrogens with zero attached hydrogens (tertiary/aromatic N) is 2. The Morgan fingerprint density at radius 2 is 2.16 bits per heavy atom. The summed E-state index contributed by atoms with van der Waals surface area (Å²) >= 11 is 0. The van der Waals surface area contributed by atoms with Gasteiger partial charge >= 0.3 is 5.97 Å². The molecule has 100 valence electrons. The molecule has 0 saturated heterocycles. The lowest BCUT2D eigenvalue weighted by molar-refractivity contribution is -0.139. The van der Waals surface area contributed by atoms with E-state index in [-0.39, 0.29) is 11.6 Å². The first-order valence-corrected chi connectivity index (χ1v) is 5.84. The zero-order chi connectivity index (χ0) is 14.4. The molecule has 6 heteroatoms. The van der Waals surface area contributed by atoms with Gasteiger partial charge in [-0.3, -0.25) is 4.79 Å². The van der Waals surface area contributed by atoms with Gasteiger partial charge in [-0.15, -0.1) is 0 Å². The maximum absolute atomic E-state index is 11.8. The first kappa shape index (κ1) is 14.6. The van der Waals surface area contributed by atoms with E-state index >= 15 is 0 Å². The van der Waals surface area contributed by atoms with E-state index in [0.29, 0.717) is 12.0 Å². The van der Waals surface area contributed by atoms with E-state index in [1.807, 2.05) is 19.9 Å². The highest BCUT2D eigenvalue weighted by Crippen LogP contribution is 2.06. The molecule has 0 saturated carbocycles. The second kappa shape index (κ2) is 6.50. The van der Waals surface area contributed by atoms with Gasteiger partial charge in [-0.05, 0) is 24.5 Å². The van der Waals surface area contributed by atoms with E-state index in [1.54, 1.807) is 0 Å². The molecule has 0 aliphatic carbocycles. The Labute approximate surface area is 111 Å². The quantitative estimate of drug-likeness (QED) is 0.828. The Kier molecular flexibility index (Phi) is 5.01. The average molecular weight is 261 g/mol. The number of carboxylic acid groups (broad SMARTS) is 1. The topological polar surface area (TPSA) is 103 Å². The average Bonchev–Trinajstić information content (AvgIpc) is 2.37. The van der Waals surface area contributed by atoms with Crippen LogP contribution in [0, 0.1) is 17.2 Å². The molecule has 19 heavy (non-hydrogen) atoms. The minimum Gasteiger partial charge on any atom is -0.480 e. The van der Waals surface area contributed by atoms with Crippen molar-refractivity contribution in [2.75, 3.05) is 0 Å². The number of carbonyl (C=O) groups is 2. The monoisotopic (exact) mass is 261 g/mol. The molecule has 0 fully saturated rings. The Morgan fingerprint density at radius 1 is 1.47 bits per heavy atom. The molecule has 2 N–H and O–H groups in total. The molecular formula is C13H15N3O3. The molecule has 6 nitrogen and oxygen atoms in total. The minimum atomic E-state index is -1.07. The maximum Gasteiger partial charge on any atom is 0.326 e. The van der Waals surface area contributed by atoms with Crippen LogP contribution < -0.4 is 5.32 Å². The zero-order valence-corrected chi connectivity index (χ0v) is 10.8. The molecule has 0 aliphatic rings. The summed E-state index contributed by atoms with van der Waals surface area (Å²) in [7, 11) is 0. The van der Waals surface area contributed by atoms with E-state index in [4.69, 9.17) is 10.4 Å². The Bertz CT molecular complexity index is 503. The summed E-state index contributed by atoms with van der Waals surface area (Å²) in [5.41, 5.74) is 0.433. The molecule has 1 atom stereocenters. The van der Waals surface area contributed by atoms with Crippen LogP contribution in [0.3, 0.4) is 0 Å². The third-order valence-electron chi connectivity index (χ3n) is 2.44. The van der Waals surface area contributed by atoms with Crippen molar-refractivity contribution in [3.63, 3.8) is 0 Å². The second-order valence-electron chi connectivity index (χ2n) is 4.54. The molecule has 1 aromatic rings. The predicted molar refractivity (Wildman–Crippen MR) is 67.3 cm³/mol. The highest BCUT2D eigenvalue weighted by molar-refractivity contribution is 5.94. The number of carbonyl (C=O) groups excluding carboxylic acids is 1. The van der Waals surface area contributed by atoms with Crippen molar-refractivity contribution in [3.05, 3.63) is 29.6 Å². The summed E-state index contributed by atoms with van der Waals surface area (Å²) in [6.45, 7) is 3.75. The maximum atomic E-state index is 11.8. The first-order chi connectivity index (χ1) is 8.93. The molecule has 0 radical (unpaired) electrons. The first-order valence-electron chi connectivity index (χ1n) is 5.84. The number of rotatable bonds is 5. The zero-order valence-electron chi connectivity index (χ0n) is 10.8. The predicted octanol–water partition coefficient (Wildman–Crippen LogP) is 1.18. The van der Waals surface area contributed by atoms with Crippen LogP contribution in [-0.2, 0) is 4.79 Å². The summed E-state index contributed by atoms with van der Waals surface area (Å²) in [5, 5.41) is 20.1. The Hall–Kier alpha value is -2.42. The molecule has 1 unspecified atom stereocenters. The molecule has 1 heterocycles. The lowest BCUT2D eigenvalue weighted by Gasteiger charge is -2.16. The minimum absolute atomic E-state index is 0.0917. The van der Waals surface area contributed by atoms with Crippen molar-refractivity contribution in [1.29, 1.82) is 5.26 Å². The van der Waals surface area contributed by atoms with Crippen LogP contribution in [0.2, 0.25) is 0 Å². The molecule has 0 aromatic carbocycles. The van der Waals surface area contributed by atoms with Crippen LogP contribution in [0.1, 0.15) is 36.3 Å². The van der Waals surface area contributed by atoms with Crippen LogP contribution in [0.15, 0.2) is 18.3 Å². The lowest BCUT2D eigenvalue weighted by Crippen LogP contribution is -2.41. The summed E-state index contributed by atoms with van der Waals surface area (Å²) in [5.74, 6) is -1.48. The van der Waals surface area contributed by atoms with Crippen molar-refractivity contribution in [2.45, 2.75) is 26.3 Å². The summed E-state index contributed by atoms with van der Waals surface area (Å²) in [6, 6.07) is 3.80. The number of hydrogen-bond donors (Lipinski definition) is 2. The number of nitriles is 1. The molecule has 1 aromatic heterocycles. The number of pyridine rings is 1. The molecule has 0 spiro atoms. The number of amides is 1. The van der Waals surface area contributed by atoms with Gasteiger partial charge in [0.05, 0.1) is 5.56 Å². The van der Waals surface area contributed by atoms with Crippen molar-refractivity contribution >= 4 is 11.9 Å². The molecule has 0 bridgehead atoms. The van der Waals surface area contributed by atoms with Gasteiger partial charge in [0.15, 0.2) is 0 Å². The highest BCUT2D eigenvalue weighted by Gasteiger charge is 2.22. The number of carboxylic acids is 1. The summed E-state index contributed by atoms with van der Waals surface area (Å²) in [6.07, 6.45) is 1.62. The third-order valence-corrected chi connectivity index (χ3v) is 2.44. The normalized spacial score (nSPS) is 11.7. The van der Waals surface area contributed by atoms with Crippen molar-refractivity contribution in [3.8, 4) is 6.07 Å². The Balaban J connectivity index is 2.76. The van der Waals surface area contributed by atoms with Crippen LogP contribution in [-0.4, -0.2) is 28.0 Å². The summed E-state index contributed by atoms with van der Waals surface area (Å²) < 4.78 is 0. The van der Waals surface area contributed by atoms with Gasteiger partial charge in [0.2, 0.25) is 0 Å². The Morgan fingerprint density at radius 3 is 2.58 bits per heavy atom. The lowest BCUT2D eigenvalue weighted by atomic mass is 10.0. The van der Waals surface area contributed by atoms with E-state index in [9.17, 15) is 9.59 Å². The van der Waals surface area contributed by atoms with E-state index < -0.39 is 17.9 Å². The van der Waals surface area contributed by atoms with Gasteiger partial charge in [-0.1, -0.05) is 13.8 Å². The van der Waals surface area contributed by atoms with E-state index in [2.05, 4.69) is 10.3 Å². The molecule has 0 aliphatic heterocycles. The van der Waals surface area contributed by atoms with Gasteiger partial charge in [0.25, 0.3) is 5.91 Å². The van der Waals surface area contributed by atoms with Crippen molar-refractivity contribution < 1.29 is 14.7 Å². The fourth-order valence-electron chi connectivity index (χ4n) is 1.52. The van der Waals surface area contributed by atoms with Crippen LogP contribution in [0.25, 0.3) is 0 Å². The highest BCUT2D eigenvalue weighted by atomic mass is 16.4. The largest absolute Gasteiger partial charge is 0.480 e. The molecule has 1 amide bonds. The smallest absolute Gasteiger partial charge is 0.326 e. The number of nitrogens with one attached hydrogen (secondary N) is 1. The van der Waals surface area contributed by atoms with Gasteiger partial charge in [0.1, 0.15) is 17.8 Å². The fourth-order valence-corrected chi connectivity index (χ4v) is 1.52. The van der Waals surface area contributed by atoms with Gasteiger partial charge in [-0.25, -0.2) is 9.78 Å². The molecular weight excluding hydrogens is 246 g/mol. The van der Waals surface area contributed by atoms with Crippen molar-refractivity contribution in [1.82, 2.24) is 10.3 Å².